The van der Waals surface area contributed by atoms with Crippen LogP contribution in [0.25, 0.3) is 0 Å². The van der Waals surface area contributed by atoms with Crippen molar-refractivity contribution in [2.75, 3.05) is 40.9 Å². The van der Waals surface area contributed by atoms with Crippen molar-refractivity contribution in [2.45, 2.75) is 33.0 Å². The van der Waals surface area contributed by atoms with E-state index in [9.17, 15) is 4.79 Å². The van der Waals surface area contributed by atoms with Crippen LogP contribution in [0.5, 0.6) is 5.75 Å². The Morgan fingerprint density at radius 3 is 2.86 bits per heavy atom. The maximum absolute atomic E-state index is 12.5. The van der Waals surface area contributed by atoms with Gasteiger partial charge in [-0.05, 0) is 38.7 Å². The van der Waals surface area contributed by atoms with Crippen molar-refractivity contribution in [3.63, 3.8) is 0 Å². The van der Waals surface area contributed by atoms with Crippen LogP contribution in [0.1, 0.15) is 34.2 Å². The summed E-state index contributed by atoms with van der Waals surface area (Å²) in [7, 11) is 5.76. The van der Waals surface area contributed by atoms with Crippen LogP contribution in [0.4, 0.5) is 0 Å². The van der Waals surface area contributed by atoms with Crippen molar-refractivity contribution in [3.05, 3.63) is 46.8 Å². The van der Waals surface area contributed by atoms with Crippen LogP contribution in [0.3, 0.4) is 0 Å². The number of methoxy groups -OCH3 is 1. The number of aromatic nitrogens is 2. The summed E-state index contributed by atoms with van der Waals surface area (Å²) in [6.07, 6.45) is 0.874. The van der Waals surface area contributed by atoms with E-state index >= 15 is 0 Å². The van der Waals surface area contributed by atoms with Crippen molar-refractivity contribution >= 4 is 5.97 Å². The third-order valence-electron chi connectivity index (χ3n) is 4.98. The molecule has 0 saturated carbocycles. The Morgan fingerprint density at radius 1 is 1.32 bits per heavy atom. The maximum Gasteiger partial charge on any atom is 0.359 e. The fourth-order valence-electron chi connectivity index (χ4n) is 3.55. The lowest BCUT2D eigenvalue weighted by molar-refractivity contribution is 0.0515. The highest BCUT2D eigenvalue weighted by molar-refractivity contribution is 5.89. The molecule has 3 rings (SSSR count). The quantitative estimate of drug-likeness (QED) is 0.648. The minimum Gasteiger partial charge on any atom is -0.497 e. The summed E-state index contributed by atoms with van der Waals surface area (Å²) in [5.41, 5.74) is 3.82. The van der Waals surface area contributed by atoms with Crippen LogP contribution >= 0.6 is 0 Å². The second kappa shape index (κ2) is 9.21. The van der Waals surface area contributed by atoms with Gasteiger partial charge < -0.3 is 14.4 Å². The third kappa shape index (κ3) is 4.72. The molecular formula is C21H30N4O3. The van der Waals surface area contributed by atoms with E-state index in [0.717, 1.165) is 49.6 Å². The highest BCUT2D eigenvalue weighted by atomic mass is 16.5. The molecule has 0 atom stereocenters. The van der Waals surface area contributed by atoms with Gasteiger partial charge in [0.05, 0.1) is 20.3 Å². The number of esters is 1. The van der Waals surface area contributed by atoms with Crippen LogP contribution in [0.15, 0.2) is 24.3 Å². The van der Waals surface area contributed by atoms with E-state index in [1.165, 1.54) is 5.56 Å². The number of ether oxygens (including phenoxy) is 2. The molecule has 0 amide bonds. The molecule has 2 heterocycles. The summed E-state index contributed by atoms with van der Waals surface area (Å²) in [6.45, 7) is 6.26. The van der Waals surface area contributed by atoms with Gasteiger partial charge >= 0.3 is 5.97 Å². The van der Waals surface area contributed by atoms with Crippen LogP contribution < -0.4 is 4.74 Å². The standard InChI is InChI=1S/C21H30N4O3/c1-5-28-21(26)20-18-15-24(14-16-7-6-8-17(13-16)27-4)10-9-19(18)25(22-20)12-11-23(2)3/h6-8,13H,5,9-12,14-15H2,1-4H3. The predicted molar refractivity (Wildman–Crippen MR) is 108 cm³/mol. The minimum atomic E-state index is -0.328. The normalized spacial score (nSPS) is 14.2. The van der Waals surface area contributed by atoms with Crippen LogP contribution in [0.2, 0.25) is 0 Å². The molecule has 0 bridgehead atoms. The van der Waals surface area contributed by atoms with E-state index in [0.29, 0.717) is 18.8 Å². The lowest BCUT2D eigenvalue weighted by Gasteiger charge is -2.28. The Balaban J connectivity index is 1.81. The first-order valence-corrected chi connectivity index (χ1v) is 9.77. The summed E-state index contributed by atoms with van der Waals surface area (Å²) in [5, 5.41) is 4.62. The predicted octanol–water partition coefficient (Wildman–Crippen LogP) is 2.19. The molecule has 7 heteroatoms. The number of likely N-dealkylation sites (N-methyl/N-ethyl adjacent to an activating group) is 1. The highest BCUT2D eigenvalue weighted by Gasteiger charge is 2.28. The summed E-state index contributed by atoms with van der Waals surface area (Å²) in [4.78, 5) is 16.9. The minimum absolute atomic E-state index is 0.328. The molecule has 1 aliphatic heterocycles. The lowest BCUT2D eigenvalue weighted by Crippen LogP contribution is -2.31. The van der Waals surface area contributed by atoms with Crippen molar-refractivity contribution in [1.29, 1.82) is 0 Å². The van der Waals surface area contributed by atoms with E-state index in [4.69, 9.17) is 9.47 Å². The Labute approximate surface area is 166 Å². The van der Waals surface area contributed by atoms with Gasteiger partial charge in [-0.15, -0.1) is 0 Å². The SMILES string of the molecule is CCOC(=O)c1nn(CCN(C)C)c2c1CN(Cc1cccc(OC)c1)CC2. The van der Waals surface area contributed by atoms with Crippen molar-refractivity contribution in [1.82, 2.24) is 19.6 Å². The van der Waals surface area contributed by atoms with Gasteiger partial charge in [-0.25, -0.2) is 4.79 Å². The molecule has 28 heavy (non-hydrogen) atoms. The molecule has 0 fully saturated rings. The monoisotopic (exact) mass is 386 g/mol. The van der Waals surface area contributed by atoms with Gasteiger partial charge in [0, 0.05) is 43.9 Å². The first-order valence-electron chi connectivity index (χ1n) is 9.77. The number of carbonyl (C=O) groups is 1. The molecule has 152 valence electrons. The molecule has 0 aliphatic carbocycles. The Hall–Kier alpha value is -2.38. The van der Waals surface area contributed by atoms with Crippen molar-refractivity contribution in [2.24, 2.45) is 0 Å². The number of nitrogens with zero attached hydrogens (tertiary/aromatic N) is 4. The topological polar surface area (TPSA) is 59.8 Å². The van der Waals surface area contributed by atoms with Gasteiger partial charge in [-0.1, -0.05) is 12.1 Å². The smallest absolute Gasteiger partial charge is 0.359 e. The molecule has 0 spiro atoms. The van der Waals surface area contributed by atoms with Crippen molar-refractivity contribution in [3.8, 4) is 5.75 Å². The summed E-state index contributed by atoms with van der Waals surface area (Å²) in [6, 6.07) is 8.12. The number of carbonyl (C=O) groups excluding carboxylic acids is 1. The van der Waals surface area contributed by atoms with E-state index in [-0.39, 0.29) is 5.97 Å². The largest absolute Gasteiger partial charge is 0.497 e. The first-order chi connectivity index (χ1) is 13.5. The van der Waals surface area contributed by atoms with Gasteiger partial charge in [0.15, 0.2) is 5.69 Å². The van der Waals surface area contributed by atoms with Crippen molar-refractivity contribution < 1.29 is 14.3 Å². The molecule has 1 aromatic heterocycles. The van der Waals surface area contributed by atoms with Gasteiger partial charge in [0.2, 0.25) is 0 Å². The molecule has 0 radical (unpaired) electrons. The van der Waals surface area contributed by atoms with E-state index in [1.54, 1.807) is 7.11 Å². The van der Waals surface area contributed by atoms with Crippen LogP contribution in [-0.2, 0) is 30.8 Å². The lowest BCUT2D eigenvalue weighted by atomic mass is 10.0. The summed E-state index contributed by atoms with van der Waals surface area (Å²) >= 11 is 0. The van der Waals surface area contributed by atoms with Gasteiger partial charge in [-0.3, -0.25) is 9.58 Å². The fourth-order valence-corrected chi connectivity index (χ4v) is 3.55. The van der Waals surface area contributed by atoms with Gasteiger partial charge in [0.1, 0.15) is 5.75 Å². The average molecular weight is 386 g/mol. The molecule has 1 aliphatic rings. The average Bonchev–Trinajstić information content (AvgIpc) is 3.05. The Kier molecular flexibility index (Phi) is 6.70. The molecular weight excluding hydrogens is 356 g/mol. The molecule has 2 aromatic rings. The van der Waals surface area contributed by atoms with E-state index < -0.39 is 0 Å². The summed E-state index contributed by atoms with van der Waals surface area (Å²) < 4.78 is 12.6. The fraction of sp³-hybridized carbons (Fsp3) is 0.524. The summed E-state index contributed by atoms with van der Waals surface area (Å²) in [5.74, 6) is 0.532. The number of fused-ring (bicyclic) bond motifs is 1. The number of hydrogen-bond acceptors (Lipinski definition) is 6. The van der Waals surface area contributed by atoms with Crippen LogP contribution in [-0.4, -0.2) is 66.5 Å². The highest BCUT2D eigenvalue weighted by Crippen LogP contribution is 2.25. The Morgan fingerprint density at radius 2 is 2.14 bits per heavy atom. The zero-order valence-corrected chi connectivity index (χ0v) is 17.3. The molecule has 1 aromatic carbocycles. The number of rotatable bonds is 8. The Bertz CT molecular complexity index is 816. The second-order valence-electron chi connectivity index (χ2n) is 7.33. The zero-order chi connectivity index (χ0) is 20.1. The third-order valence-corrected chi connectivity index (χ3v) is 4.98. The number of hydrogen-bond donors (Lipinski definition) is 0. The van der Waals surface area contributed by atoms with Gasteiger partial charge in [-0.2, -0.15) is 5.10 Å². The first kappa shape index (κ1) is 20.4. The molecule has 0 N–H and O–H groups in total. The zero-order valence-electron chi connectivity index (χ0n) is 17.3. The van der Waals surface area contributed by atoms with Gasteiger partial charge in [0.25, 0.3) is 0 Å². The molecule has 0 saturated heterocycles. The number of benzene rings is 1. The van der Waals surface area contributed by atoms with Crippen LogP contribution in [0, 0.1) is 0 Å². The van der Waals surface area contributed by atoms with E-state index in [1.807, 2.05) is 37.8 Å². The maximum atomic E-state index is 12.5. The molecule has 0 unspecified atom stereocenters. The second-order valence-corrected chi connectivity index (χ2v) is 7.33. The molecule has 7 nitrogen and oxygen atoms in total. The van der Waals surface area contributed by atoms with E-state index in [2.05, 4.69) is 27.0 Å².